The molecule has 6 unspecified atom stereocenters. The van der Waals surface area contributed by atoms with E-state index >= 15 is 0 Å². The zero-order chi connectivity index (χ0) is 99.6. The molecule has 6 atom stereocenters. The largest absolute Gasteiger partial charge is 2.00 e. The molecular formula is C133H112N12Ru3. The van der Waals surface area contributed by atoms with Crippen LogP contribution in [0.3, 0.4) is 0 Å². The standard InChI is InChI=1S/C49H52N4.C47H32N4.C37H28N4.3Ru/c1-30-16-14-18-32(22-30)44-38-24-34(47(3,4)5)25-39(51-38)45(33-19-15-17-31(2)23-33)41-27-36(49(9,10)11)29-43(53-41)46(37-20-12-13-21-50-37)42-28-35(48(6,7)8)26-40(44)52-42;1-3-14-32(15-4-1)34-18-9-20-36(30-34)45-39-23-11-24-40(49-39)46(37-21-10-19-35(31-37)33-16-5-2-6-17-33)42-26-13-28-44(51-42)47(38-22-7-8-29-48-38)43-27-12-25-41(45)50-43;1-24-10-5-12-26(22-24)35-29-15-7-16-30(39-29)36(27-13-6-11-25(2)23-27)32-18-9-20-34(41-32)37(28-14-3-4-21-38-28)33-19-8-17-31(35)40-33;;;/h12-17,20-29,44-46H,1-11H3;1-19,22-31,45-47H;3-11,14-23,35-37H,1-2H3;;;/q3*-2;3*+2. The van der Waals surface area contributed by atoms with Crippen LogP contribution < -0.4 is 0 Å². The van der Waals surface area contributed by atoms with E-state index < -0.39 is 0 Å². The van der Waals surface area contributed by atoms with Gasteiger partial charge in [-0.15, -0.1) is 44.5 Å². The van der Waals surface area contributed by atoms with Crippen molar-refractivity contribution in [3.63, 3.8) is 0 Å². The molecule has 0 N–H and O–H groups in total. The maximum Gasteiger partial charge on any atom is 2.00 e. The second-order valence-corrected chi connectivity index (χ2v) is 41.5. The van der Waals surface area contributed by atoms with E-state index in [0.29, 0.717) is 0 Å². The van der Waals surface area contributed by atoms with Gasteiger partial charge in [-0.05, 0) is 190 Å². The summed E-state index contributed by atoms with van der Waals surface area (Å²) in [4.78, 5) is 63.8. The Balaban J connectivity index is 0.000000145. The zero-order valence-electron chi connectivity index (χ0n) is 85.1. The molecule has 23 rings (SSSR count). The molecule has 0 saturated heterocycles. The van der Waals surface area contributed by atoms with Crippen molar-refractivity contribution in [1.29, 1.82) is 0 Å². The summed E-state index contributed by atoms with van der Waals surface area (Å²) in [5.74, 6) is -2.27. The summed E-state index contributed by atoms with van der Waals surface area (Å²) in [5.41, 5.74) is 37.9. The number of nitrogens with zero attached hydrogens (tertiary/aromatic N) is 12. The Morgan fingerprint density at radius 3 is 0.568 bits per heavy atom. The Morgan fingerprint density at radius 1 is 0.169 bits per heavy atom. The van der Waals surface area contributed by atoms with Gasteiger partial charge in [0.05, 0.1) is 137 Å². The van der Waals surface area contributed by atoms with Crippen molar-refractivity contribution in [2.75, 3.05) is 0 Å². The van der Waals surface area contributed by atoms with Crippen molar-refractivity contribution in [3.05, 3.63) is 617 Å². The zero-order valence-corrected chi connectivity index (χ0v) is 90.3. The van der Waals surface area contributed by atoms with Crippen molar-refractivity contribution >= 4 is 0 Å². The van der Waals surface area contributed by atoms with E-state index in [1.807, 2.05) is 97.5 Å². The molecule has 3 aliphatic rings. The maximum atomic E-state index is 5.69. The first kappa shape index (κ1) is 103. The molecule has 0 spiro atoms. The molecule has 20 aromatic rings. The van der Waals surface area contributed by atoms with Gasteiger partial charge in [0, 0.05) is 54.1 Å². The van der Waals surface area contributed by atoms with Crippen LogP contribution in [0.15, 0.2) is 389 Å². The van der Waals surface area contributed by atoms with Gasteiger partial charge in [0.2, 0.25) is 0 Å². The molecule has 12 nitrogen and oxygen atoms in total. The minimum atomic E-state index is -0.307. The van der Waals surface area contributed by atoms with Gasteiger partial charge in [0.15, 0.2) is 0 Å². The van der Waals surface area contributed by atoms with Crippen LogP contribution in [0.2, 0.25) is 0 Å². The average molecular weight is 2180 g/mol. The van der Waals surface area contributed by atoms with Crippen LogP contribution in [0, 0.1) is 64.1 Å². The van der Waals surface area contributed by atoms with Crippen LogP contribution in [0.5, 0.6) is 0 Å². The van der Waals surface area contributed by atoms with Gasteiger partial charge in [-0.2, -0.15) is 168 Å². The average Bonchev–Trinajstić information content (AvgIpc) is 0.726. The molecule has 3 aliphatic heterocycles. The topological polar surface area (TPSA) is 155 Å². The smallest absolute Gasteiger partial charge is 0.260 e. The number of pyridine rings is 12. The summed E-state index contributed by atoms with van der Waals surface area (Å²) in [6.45, 7) is 29.0. The summed E-state index contributed by atoms with van der Waals surface area (Å²) < 4.78 is 0. The number of hydrogen-bond donors (Lipinski definition) is 0. The third-order valence-corrected chi connectivity index (χ3v) is 27.9. The first-order valence-electron chi connectivity index (χ1n) is 50.1. The van der Waals surface area contributed by atoms with E-state index in [1.165, 1.54) is 38.9 Å². The molecule has 148 heavy (non-hydrogen) atoms. The SMILES string of the molecule is Cc1cc[c-]c(C2c3cc(C(C)(C)C)cc(n3)C(c3[c-]ccc(C)c3)c3cc(C(C)(C)C)cc(n3)C(c3ccccn3)c3cc(C(C)(C)C)cc2n3)c1.Cc1cc[c-]c(C2c3cccc(n3)C(c3[c-]ccc(C)c3)c3cccc(n3)C(c3ccccn3)c3cccc2n3)c1.[Ru+2].[Ru+2].[Ru+2].[c-]1ccc(-c2ccccc2)cc1C1c2cccc(n2)C(c2[c-]ccc(-c3ccccc3)c2)c2cccc(n2)C(c2ccccn2)c2cccc1n2. The summed E-state index contributed by atoms with van der Waals surface area (Å²) in [6, 6.07) is 150. The van der Waals surface area contributed by atoms with Gasteiger partial charge < -0.3 is 0 Å². The van der Waals surface area contributed by atoms with E-state index in [0.717, 1.165) is 175 Å². The Kier molecular flexibility index (Phi) is 31.2. The molecule has 0 amide bonds. The van der Waals surface area contributed by atoms with Crippen LogP contribution in [0.25, 0.3) is 22.3 Å². The maximum absolute atomic E-state index is 5.69. The number of aryl methyl sites for hydroxylation is 4. The number of fused-ring (bicyclic) bond motifs is 18. The molecule has 0 saturated carbocycles. The van der Waals surface area contributed by atoms with E-state index in [-0.39, 0.29) is 128 Å². The van der Waals surface area contributed by atoms with Gasteiger partial charge in [-0.1, -0.05) is 205 Å². The summed E-state index contributed by atoms with van der Waals surface area (Å²) in [6.07, 6.45) is 5.56. The van der Waals surface area contributed by atoms with Crippen LogP contribution in [-0.4, -0.2) is 59.8 Å². The third-order valence-electron chi connectivity index (χ3n) is 27.9. The summed E-state index contributed by atoms with van der Waals surface area (Å²) in [5, 5.41) is 0. The normalized spacial score (nSPS) is 16.9. The fourth-order valence-corrected chi connectivity index (χ4v) is 20.5. The van der Waals surface area contributed by atoms with Gasteiger partial charge in [-0.25, -0.2) is 0 Å². The Morgan fingerprint density at radius 2 is 0.351 bits per heavy atom. The minimum Gasteiger partial charge on any atom is -0.260 e. The second kappa shape index (κ2) is 44.6. The Bertz CT molecular complexity index is 7690. The quantitative estimate of drug-likeness (QED) is 0.0894. The Hall–Kier alpha value is -14.6. The molecular weight excluding hydrogens is 2070 g/mol. The van der Waals surface area contributed by atoms with Crippen molar-refractivity contribution in [2.45, 2.75) is 160 Å². The molecule has 0 radical (unpaired) electrons. The van der Waals surface area contributed by atoms with E-state index in [9.17, 15) is 0 Å². The van der Waals surface area contributed by atoms with Gasteiger partial charge in [0.25, 0.3) is 0 Å². The van der Waals surface area contributed by atoms with Gasteiger partial charge in [0.1, 0.15) is 0 Å². The van der Waals surface area contributed by atoms with Crippen molar-refractivity contribution in [1.82, 2.24) is 59.8 Å². The molecule has 15 heteroatoms. The van der Waals surface area contributed by atoms with Crippen LogP contribution in [0.4, 0.5) is 0 Å². The molecule has 18 bridgehead atoms. The van der Waals surface area contributed by atoms with E-state index in [1.54, 1.807) is 0 Å². The molecule has 0 fully saturated rings. The molecule has 8 aromatic carbocycles. The molecule has 12 aromatic heterocycles. The third kappa shape index (κ3) is 22.5. The number of rotatable bonds is 11. The summed E-state index contributed by atoms with van der Waals surface area (Å²) in [7, 11) is 0. The van der Waals surface area contributed by atoms with E-state index in [4.69, 9.17) is 59.8 Å². The van der Waals surface area contributed by atoms with Crippen LogP contribution in [-0.2, 0) is 74.7 Å². The summed E-state index contributed by atoms with van der Waals surface area (Å²) >= 11 is 0. The number of benzene rings is 8. The second-order valence-electron chi connectivity index (χ2n) is 41.5. The van der Waals surface area contributed by atoms with Crippen molar-refractivity contribution in [3.8, 4) is 22.3 Å². The fraction of sp³-hybridized carbons (Fsp3) is 0.188. The van der Waals surface area contributed by atoms with Crippen LogP contribution in [0.1, 0.15) is 307 Å². The molecule has 728 valence electrons. The monoisotopic (exact) mass is 2180 g/mol. The van der Waals surface area contributed by atoms with E-state index in [2.05, 4.69) is 418 Å². The predicted molar refractivity (Wildman–Crippen MR) is 577 cm³/mol. The minimum absolute atomic E-state index is 0. The molecule has 0 aliphatic carbocycles. The van der Waals surface area contributed by atoms with Crippen LogP contribution >= 0.6 is 0 Å². The van der Waals surface area contributed by atoms with Crippen molar-refractivity contribution < 1.29 is 58.4 Å². The Labute approximate surface area is 909 Å². The molecule has 15 heterocycles. The first-order chi connectivity index (χ1) is 70.4. The van der Waals surface area contributed by atoms with Gasteiger partial charge in [-0.3, -0.25) is 59.8 Å². The van der Waals surface area contributed by atoms with Gasteiger partial charge >= 0.3 is 58.4 Å². The number of aromatic nitrogens is 12. The fourth-order valence-electron chi connectivity index (χ4n) is 20.5. The number of hydrogen-bond acceptors (Lipinski definition) is 12. The first-order valence-corrected chi connectivity index (χ1v) is 50.1. The predicted octanol–water partition coefficient (Wildman–Crippen LogP) is 28.6. The van der Waals surface area contributed by atoms with Crippen molar-refractivity contribution in [2.24, 2.45) is 0 Å².